The maximum Gasteiger partial charge on any atom is 0.325 e. The van der Waals surface area contributed by atoms with Crippen LogP contribution in [0.2, 0.25) is 0 Å². The standard InChI is InChI=1S/C24H24O5/c1-27-19-8-10-20(11-9-19)29-23(26)24(16-25)13-18-7-12-22(24)21(18)15-28-14-17-5-3-2-4-6-17/h2-12,16,18,21-22H,13-15H2,1H3/t18-,21?,22-,24+/m0/s1. The van der Waals surface area contributed by atoms with E-state index in [4.69, 9.17) is 14.2 Å². The zero-order valence-electron chi connectivity index (χ0n) is 16.3. The highest BCUT2D eigenvalue weighted by Gasteiger charge is 2.60. The summed E-state index contributed by atoms with van der Waals surface area (Å²) in [6.45, 7) is 1.02. The van der Waals surface area contributed by atoms with E-state index >= 15 is 0 Å². The van der Waals surface area contributed by atoms with Crippen LogP contribution in [-0.2, 0) is 20.9 Å². The minimum Gasteiger partial charge on any atom is -0.497 e. The number of esters is 1. The summed E-state index contributed by atoms with van der Waals surface area (Å²) in [6, 6.07) is 16.7. The molecular formula is C24H24O5. The SMILES string of the molecule is COc1ccc(OC(=O)[C@@]2(C=O)C[C@@H]3C=C[C@H]2C3COCc2ccccc2)cc1. The molecule has 1 saturated carbocycles. The van der Waals surface area contributed by atoms with Crippen LogP contribution >= 0.6 is 0 Å². The van der Waals surface area contributed by atoms with Gasteiger partial charge in [-0.05, 0) is 48.1 Å². The molecule has 0 amide bonds. The Morgan fingerprint density at radius 1 is 1.07 bits per heavy atom. The average molecular weight is 392 g/mol. The summed E-state index contributed by atoms with van der Waals surface area (Å²) in [5.41, 5.74) is -0.0495. The molecule has 2 aliphatic carbocycles. The van der Waals surface area contributed by atoms with Gasteiger partial charge in [0.25, 0.3) is 0 Å². The molecule has 5 heteroatoms. The third-order valence-corrected chi connectivity index (χ3v) is 6.03. The Kier molecular flexibility index (Phi) is 5.49. The summed E-state index contributed by atoms with van der Waals surface area (Å²) in [5.74, 6) is 0.625. The molecule has 2 aromatic carbocycles. The topological polar surface area (TPSA) is 61.8 Å². The quantitative estimate of drug-likeness (QED) is 0.225. The maximum atomic E-state index is 13.0. The van der Waals surface area contributed by atoms with Gasteiger partial charge >= 0.3 is 5.97 Å². The minimum absolute atomic E-state index is 0.104. The molecule has 1 fully saturated rings. The van der Waals surface area contributed by atoms with Gasteiger partial charge in [-0.3, -0.25) is 4.79 Å². The predicted octanol–water partition coefficient (Wildman–Crippen LogP) is 3.82. The van der Waals surface area contributed by atoms with Gasteiger partial charge in [-0.15, -0.1) is 0 Å². The predicted molar refractivity (Wildman–Crippen MR) is 107 cm³/mol. The first-order chi connectivity index (χ1) is 14.2. The van der Waals surface area contributed by atoms with Crippen LogP contribution in [0.4, 0.5) is 0 Å². The number of hydrogen-bond donors (Lipinski definition) is 0. The average Bonchev–Trinajstić information content (AvgIpc) is 3.30. The van der Waals surface area contributed by atoms with Crippen molar-refractivity contribution in [1.29, 1.82) is 0 Å². The molecule has 0 aromatic heterocycles. The van der Waals surface area contributed by atoms with Crippen LogP contribution in [0.5, 0.6) is 11.5 Å². The zero-order valence-corrected chi connectivity index (χ0v) is 16.3. The highest BCUT2D eigenvalue weighted by molar-refractivity contribution is 5.96. The van der Waals surface area contributed by atoms with Gasteiger partial charge in [0, 0.05) is 5.92 Å². The third kappa shape index (κ3) is 3.70. The Balaban J connectivity index is 1.42. The highest BCUT2D eigenvalue weighted by Crippen LogP contribution is 2.55. The summed E-state index contributed by atoms with van der Waals surface area (Å²) < 4.78 is 16.6. The number of benzene rings is 2. The molecule has 0 radical (unpaired) electrons. The molecule has 0 heterocycles. The number of allylic oxidation sites excluding steroid dienone is 2. The van der Waals surface area contributed by atoms with Gasteiger partial charge in [0.05, 0.1) is 20.3 Å². The molecule has 1 unspecified atom stereocenters. The number of ether oxygens (including phenoxy) is 3. The number of carbonyl (C=O) groups is 2. The van der Waals surface area contributed by atoms with E-state index in [2.05, 4.69) is 6.08 Å². The van der Waals surface area contributed by atoms with E-state index in [1.165, 1.54) is 0 Å². The molecule has 0 aliphatic heterocycles. The van der Waals surface area contributed by atoms with Gasteiger partial charge < -0.3 is 19.0 Å². The van der Waals surface area contributed by atoms with E-state index in [1.54, 1.807) is 31.4 Å². The number of fused-ring (bicyclic) bond motifs is 2. The Morgan fingerprint density at radius 2 is 1.79 bits per heavy atom. The molecule has 150 valence electrons. The van der Waals surface area contributed by atoms with E-state index in [0.29, 0.717) is 31.1 Å². The van der Waals surface area contributed by atoms with E-state index < -0.39 is 11.4 Å². The van der Waals surface area contributed by atoms with Crippen LogP contribution < -0.4 is 9.47 Å². The molecule has 0 spiro atoms. The molecule has 5 nitrogen and oxygen atoms in total. The number of rotatable bonds is 8. The smallest absolute Gasteiger partial charge is 0.325 e. The fourth-order valence-electron chi connectivity index (χ4n) is 4.47. The van der Waals surface area contributed by atoms with E-state index in [9.17, 15) is 9.59 Å². The van der Waals surface area contributed by atoms with Crippen molar-refractivity contribution in [3.63, 3.8) is 0 Å². The summed E-state index contributed by atoms with van der Waals surface area (Å²) >= 11 is 0. The Bertz CT molecular complexity index is 889. The Labute approximate surface area is 170 Å². The lowest BCUT2D eigenvalue weighted by Gasteiger charge is -2.28. The van der Waals surface area contributed by atoms with Gasteiger partial charge in [-0.1, -0.05) is 42.5 Å². The van der Waals surface area contributed by atoms with Crippen molar-refractivity contribution in [3.05, 3.63) is 72.3 Å². The highest BCUT2D eigenvalue weighted by atomic mass is 16.5. The monoisotopic (exact) mass is 392 g/mol. The van der Waals surface area contributed by atoms with Crippen molar-refractivity contribution in [3.8, 4) is 11.5 Å². The van der Waals surface area contributed by atoms with Crippen LogP contribution in [0.15, 0.2) is 66.7 Å². The molecular weight excluding hydrogens is 368 g/mol. The fraction of sp³-hybridized carbons (Fsp3) is 0.333. The third-order valence-electron chi connectivity index (χ3n) is 6.03. The lowest BCUT2D eigenvalue weighted by molar-refractivity contribution is -0.150. The van der Waals surface area contributed by atoms with Gasteiger partial charge in [0.2, 0.25) is 0 Å². The maximum absolute atomic E-state index is 13.0. The number of methoxy groups -OCH3 is 1. The summed E-state index contributed by atoms with van der Waals surface area (Å²) in [6.07, 6.45) is 5.32. The Hall–Kier alpha value is -2.92. The van der Waals surface area contributed by atoms with Crippen LogP contribution in [0.3, 0.4) is 0 Å². The largest absolute Gasteiger partial charge is 0.497 e. The first-order valence-electron chi connectivity index (χ1n) is 9.79. The van der Waals surface area contributed by atoms with E-state index in [-0.39, 0.29) is 17.8 Å². The minimum atomic E-state index is -1.15. The van der Waals surface area contributed by atoms with Crippen LogP contribution in [0, 0.1) is 23.2 Å². The second-order valence-electron chi connectivity index (χ2n) is 7.67. The molecule has 4 atom stereocenters. The first-order valence-corrected chi connectivity index (χ1v) is 9.79. The molecule has 0 saturated heterocycles. The van der Waals surface area contributed by atoms with Crippen LogP contribution in [0.25, 0.3) is 0 Å². The van der Waals surface area contributed by atoms with Gasteiger partial charge in [-0.25, -0.2) is 0 Å². The molecule has 2 aliphatic rings. The van der Waals surface area contributed by atoms with Crippen molar-refractivity contribution >= 4 is 12.3 Å². The van der Waals surface area contributed by atoms with Crippen molar-refractivity contribution < 1.29 is 23.8 Å². The Morgan fingerprint density at radius 3 is 2.48 bits per heavy atom. The van der Waals surface area contributed by atoms with Crippen molar-refractivity contribution in [1.82, 2.24) is 0 Å². The van der Waals surface area contributed by atoms with Crippen molar-refractivity contribution in [2.75, 3.05) is 13.7 Å². The lowest BCUT2D eigenvalue weighted by atomic mass is 9.76. The second kappa shape index (κ2) is 8.21. The molecule has 4 rings (SSSR count). The van der Waals surface area contributed by atoms with Gasteiger partial charge in [0.15, 0.2) is 0 Å². The van der Waals surface area contributed by atoms with Crippen molar-refractivity contribution in [2.24, 2.45) is 23.2 Å². The zero-order chi connectivity index (χ0) is 20.3. The molecule has 0 N–H and O–H groups in total. The normalized spacial score (nSPS) is 27.0. The number of aldehydes is 1. The molecule has 29 heavy (non-hydrogen) atoms. The number of hydrogen-bond acceptors (Lipinski definition) is 5. The summed E-state index contributed by atoms with van der Waals surface area (Å²) in [4.78, 5) is 25.1. The number of carbonyl (C=O) groups excluding carboxylic acids is 2. The van der Waals surface area contributed by atoms with Gasteiger partial charge in [0.1, 0.15) is 23.2 Å². The van der Waals surface area contributed by atoms with E-state index in [0.717, 1.165) is 11.8 Å². The van der Waals surface area contributed by atoms with E-state index in [1.807, 2.05) is 36.4 Å². The summed E-state index contributed by atoms with van der Waals surface area (Å²) in [5, 5.41) is 0. The summed E-state index contributed by atoms with van der Waals surface area (Å²) in [7, 11) is 1.57. The first kappa shape index (κ1) is 19.4. The molecule has 2 aromatic rings. The van der Waals surface area contributed by atoms with Crippen molar-refractivity contribution in [2.45, 2.75) is 13.0 Å². The fourth-order valence-corrected chi connectivity index (χ4v) is 4.47. The molecule has 2 bridgehead atoms. The van der Waals surface area contributed by atoms with Gasteiger partial charge in [-0.2, -0.15) is 0 Å². The van der Waals surface area contributed by atoms with Crippen LogP contribution in [-0.4, -0.2) is 26.0 Å². The second-order valence-corrected chi connectivity index (χ2v) is 7.67. The lowest BCUT2D eigenvalue weighted by Crippen LogP contribution is -2.41. The van der Waals surface area contributed by atoms with Crippen LogP contribution in [0.1, 0.15) is 12.0 Å².